The van der Waals surface area contributed by atoms with Gasteiger partial charge in [0.15, 0.2) is 0 Å². The fourth-order valence-corrected chi connectivity index (χ4v) is 4.84. The van der Waals surface area contributed by atoms with Gasteiger partial charge in [0.05, 0.1) is 0 Å². The molecule has 0 bridgehead atoms. The highest BCUT2D eigenvalue weighted by Crippen LogP contribution is 2.30. The van der Waals surface area contributed by atoms with Crippen LogP contribution in [0.3, 0.4) is 0 Å². The Morgan fingerprint density at radius 2 is 0.500 bits per heavy atom. The summed E-state index contributed by atoms with van der Waals surface area (Å²) in [5.41, 5.74) is 0.584. The van der Waals surface area contributed by atoms with E-state index in [1.807, 2.05) is 0 Å². The van der Waals surface area contributed by atoms with Crippen LogP contribution in [-0.2, 0) is 0 Å². The van der Waals surface area contributed by atoms with Gasteiger partial charge in [0, 0.05) is 0 Å². The lowest BCUT2D eigenvalue weighted by Crippen LogP contribution is -2.11. The summed E-state index contributed by atoms with van der Waals surface area (Å²) in [5, 5.41) is 0. The van der Waals surface area contributed by atoms with E-state index in [1.165, 1.54) is 161 Å². The fraction of sp³-hybridized carbons (Fsp3) is 1.00. The average molecular weight is 423 g/mol. The lowest BCUT2D eigenvalue weighted by atomic mass is 9.82. The van der Waals surface area contributed by atoms with Crippen molar-refractivity contribution in [2.75, 3.05) is 0 Å². The van der Waals surface area contributed by atoms with Gasteiger partial charge in [0.25, 0.3) is 0 Å². The third-order valence-corrected chi connectivity index (χ3v) is 7.16. The second-order valence-corrected chi connectivity index (χ2v) is 11.1. The molecule has 0 saturated carbocycles. The van der Waals surface area contributed by atoms with Crippen molar-refractivity contribution < 1.29 is 0 Å². The smallest absolute Gasteiger partial charge is 0.0354 e. The molecule has 30 heavy (non-hydrogen) atoms. The molecule has 0 unspecified atom stereocenters. The summed E-state index contributed by atoms with van der Waals surface area (Å²) in [4.78, 5) is 0. The third-order valence-electron chi connectivity index (χ3n) is 7.16. The van der Waals surface area contributed by atoms with Gasteiger partial charge in [-0.15, -0.1) is 0 Å². The minimum absolute atomic E-state index is 0.584. The van der Waals surface area contributed by atoms with Crippen LogP contribution in [0.25, 0.3) is 0 Å². The van der Waals surface area contributed by atoms with Crippen LogP contribution < -0.4 is 0 Å². The second kappa shape index (κ2) is 23.7. The first-order valence-corrected chi connectivity index (χ1v) is 14.6. The SMILES string of the molecule is CCCCCCCCCCCCCCCCCCCC(C)(C)CCCCCCCC. The summed E-state index contributed by atoms with van der Waals surface area (Å²) < 4.78 is 0. The monoisotopic (exact) mass is 422 g/mol. The molecular weight excluding hydrogens is 360 g/mol. The topological polar surface area (TPSA) is 0 Å². The van der Waals surface area contributed by atoms with E-state index in [2.05, 4.69) is 27.7 Å². The summed E-state index contributed by atoms with van der Waals surface area (Å²) in [6, 6.07) is 0. The van der Waals surface area contributed by atoms with E-state index in [-0.39, 0.29) is 0 Å². The van der Waals surface area contributed by atoms with Crippen molar-refractivity contribution in [3.63, 3.8) is 0 Å². The molecule has 0 rings (SSSR count). The van der Waals surface area contributed by atoms with Gasteiger partial charge in [0.2, 0.25) is 0 Å². The standard InChI is InChI=1S/C30H62/c1-5-7-9-11-13-14-15-16-17-18-19-20-21-22-23-25-27-29-30(3,4)28-26-24-12-10-8-6-2/h5-29H2,1-4H3. The number of unbranched alkanes of at least 4 members (excludes halogenated alkanes) is 21. The zero-order chi connectivity index (χ0) is 22.2. The largest absolute Gasteiger partial charge is 0.0654 e. The molecule has 0 aromatic carbocycles. The Morgan fingerprint density at radius 3 is 0.733 bits per heavy atom. The molecule has 0 aromatic rings. The van der Waals surface area contributed by atoms with Crippen LogP contribution in [0.2, 0.25) is 0 Å². The highest BCUT2D eigenvalue weighted by molar-refractivity contribution is 4.68. The molecule has 0 atom stereocenters. The fourth-order valence-electron chi connectivity index (χ4n) is 4.84. The van der Waals surface area contributed by atoms with Crippen molar-refractivity contribution in [3.8, 4) is 0 Å². The van der Waals surface area contributed by atoms with Crippen molar-refractivity contribution in [2.24, 2.45) is 5.41 Å². The van der Waals surface area contributed by atoms with Gasteiger partial charge in [-0.3, -0.25) is 0 Å². The number of hydrogen-bond donors (Lipinski definition) is 0. The first-order valence-electron chi connectivity index (χ1n) is 14.6. The molecule has 0 N–H and O–H groups in total. The van der Waals surface area contributed by atoms with Crippen molar-refractivity contribution in [3.05, 3.63) is 0 Å². The molecule has 0 nitrogen and oxygen atoms in total. The van der Waals surface area contributed by atoms with Crippen molar-refractivity contribution in [1.82, 2.24) is 0 Å². The lowest BCUT2D eigenvalue weighted by Gasteiger charge is -2.24. The Hall–Kier alpha value is 0. The van der Waals surface area contributed by atoms with Crippen LogP contribution >= 0.6 is 0 Å². The van der Waals surface area contributed by atoms with Gasteiger partial charge in [-0.05, 0) is 18.3 Å². The molecule has 0 fully saturated rings. The molecule has 0 saturated heterocycles. The van der Waals surface area contributed by atoms with Crippen LogP contribution in [0.5, 0.6) is 0 Å². The number of hydrogen-bond acceptors (Lipinski definition) is 0. The van der Waals surface area contributed by atoms with Gasteiger partial charge in [0.1, 0.15) is 0 Å². The molecule has 0 aliphatic carbocycles. The normalized spacial score (nSPS) is 12.0. The van der Waals surface area contributed by atoms with E-state index in [0.717, 1.165) is 0 Å². The Balaban J connectivity index is 3.22. The predicted octanol–water partition coefficient (Wildman–Crippen LogP) is 11.8. The molecule has 0 heterocycles. The summed E-state index contributed by atoms with van der Waals surface area (Å²) in [7, 11) is 0. The van der Waals surface area contributed by atoms with Crippen molar-refractivity contribution >= 4 is 0 Å². The van der Waals surface area contributed by atoms with Crippen LogP contribution in [-0.4, -0.2) is 0 Å². The first-order chi connectivity index (χ1) is 14.6. The van der Waals surface area contributed by atoms with Crippen LogP contribution in [0.15, 0.2) is 0 Å². The molecule has 0 aromatic heterocycles. The highest BCUT2D eigenvalue weighted by Gasteiger charge is 2.16. The Labute approximate surface area is 193 Å². The third kappa shape index (κ3) is 24.3. The van der Waals surface area contributed by atoms with Crippen LogP contribution in [0.1, 0.15) is 188 Å². The minimum atomic E-state index is 0.584. The maximum atomic E-state index is 2.51. The van der Waals surface area contributed by atoms with Crippen molar-refractivity contribution in [2.45, 2.75) is 188 Å². The Morgan fingerprint density at radius 1 is 0.300 bits per heavy atom. The molecule has 0 spiro atoms. The lowest BCUT2D eigenvalue weighted by molar-refractivity contribution is 0.282. The van der Waals surface area contributed by atoms with Gasteiger partial charge in [-0.2, -0.15) is 0 Å². The summed E-state index contributed by atoms with van der Waals surface area (Å²) in [6.07, 6.45) is 36.5. The predicted molar refractivity (Wildman–Crippen MR) is 141 cm³/mol. The highest BCUT2D eigenvalue weighted by atomic mass is 14.2. The zero-order valence-corrected chi connectivity index (χ0v) is 22.2. The van der Waals surface area contributed by atoms with Gasteiger partial charge in [-0.25, -0.2) is 0 Å². The molecule has 0 amide bonds. The first kappa shape index (κ1) is 30.0. The van der Waals surface area contributed by atoms with E-state index in [4.69, 9.17) is 0 Å². The summed E-state index contributed by atoms with van der Waals surface area (Å²) in [6.45, 7) is 9.62. The van der Waals surface area contributed by atoms with E-state index >= 15 is 0 Å². The van der Waals surface area contributed by atoms with E-state index in [1.54, 1.807) is 0 Å². The molecular formula is C30H62. The van der Waals surface area contributed by atoms with Crippen LogP contribution in [0, 0.1) is 5.41 Å². The molecule has 0 aliphatic heterocycles. The maximum absolute atomic E-state index is 2.51. The quantitative estimate of drug-likeness (QED) is 0.128. The molecule has 182 valence electrons. The molecule has 0 heteroatoms. The second-order valence-electron chi connectivity index (χ2n) is 11.1. The van der Waals surface area contributed by atoms with Gasteiger partial charge < -0.3 is 0 Å². The van der Waals surface area contributed by atoms with Crippen molar-refractivity contribution in [1.29, 1.82) is 0 Å². The van der Waals surface area contributed by atoms with Gasteiger partial charge in [-0.1, -0.05) is 175 Å². The minimum Gasteiger partial charge on any atom is -0.0654 e. The zero-order valence-electron chi connectivity index (χ0n) is 22.2. The summed E-state index contributed by atoms with van der Waals surface area (Å²) in [5.74, 6) is 0. The van der Waals surface area contributed by atoms with E-state index in [0.29, 0.717) is 5.41 Å². The van der Waals surface area contributed by atoms with E-state index < -0.39 is 0 Å². The van der Waals surface area contributed by atoms with Crippen LogP contribution in [0.4, 0.5) is 0 Å². The Bertz CT molecular complexity index is 303. The number of rotatable bonds is 25. The Kier molecular flexibility index (Phi) is 23.7. The maximum Gasteiger partial charge on any atom is -0.0354 e. The van der Waals surface area contributed by atoms with E-state index in [9.17, 15) is 0 Å². The molecule has 0 radical (unpaired) electrons. The molecule has 0 aliphatic rings. The average Bonchev–Trinajstić information content (AvgIpc) is 2.73. The van der Waals surface area contributed by atoms with Gasteiger partial charge >= 0.3 is 0 Å². The summed E-state index contributed by atoms with van der Waals surface area (Å²) >= 11 is 0.